The number of benzene rings is 8. The van der Waals surface area contributed by atoms with Gasteiger partial charge in [-0.15, -0.1) is 11.3 Å². The van der Waals surface area contributed by atoms with E-state index in [0.29, 0.717) is 17.5 Å². The molecule has 0 radical (unpaired) electrons. The molecule has 0 atom stereocenters. The quantitative estimate of drug-likeness (QED) is 0.176. The first kappa shape index (κ1) is 32.1. The molecule has 0 saturated heterocycles. The fourth-order valence-corrected chi connectivity index (χ4v) is 10.1. The van der Waals surface area contributed by atoms with Gasteiger partial charge in [0.05, 0.1) is 16.7 Å². The van der Waals surface area contributed by atoms with E-state index in [1.807, 2.05) is 72.0 Å². The van der Waals surface area contributed by atoms with E-state index in [1.165, 1.54) is 81.0 Å². The summed E-state index contributed by atoms with van der Waals surface area (Å²) < 4.78 is 4.94. The molecule has 0 fully saturated rings. The van der Waals surface area contributed by atoms with Crippen molar-refractivity contribution in [3.05, 3.63) is 193 Å². The largest absolute Gasteiger partial charge is 0.309 e. The number of para-hydroxylation sites is 2. The number of fused-ring (bicyclic) bond motifs is 9. The van der Waals surface area contributed by atoms with Crippen LogP contribution in [0.1, 0.15) is 11.1 Å². The van der Waals surface area contributed by atoms with Crippen LogP contribution in [0.25, 0.3) is 104 Å². The lowest BCUT2D eigenvalue weighted by Crippen LogP contribution is -1.99. The van der Waals surface area contributed by atoms with E-state index in [-0.39, 0.29) is 0 Å². The Morgan fingerprint density at radius 2 is 0.895 bits per heavy atom. The van der Waals surface area contributed by atoms with Crippen molar-refractivity contribution in [3.8, 4) is 62.1 Å². The van der Waals surface area contributed by atoms with Gasteiger partial charge in [0.25, 0.3) is 0 Å². The minimum Gasteiger partial charge on any atom is -0.309 e. The highest BCUT2D eigenvalue weighted by atomic mass is 32.1. The molecular weight excluding hydrogens is 713 g/mol. The maximum Gasteiger partial charge on any atom is 0.164 e. The van der Waals surface area contributed by atoms with Crippen LogP contribution in [0, 0.1) is 0 Å². The third kappa shape index (κ3) is 5.10. The molecule has 0 aliphatic heterocycles. The van der Waals surface area contributed by atoms with Crippen LogP contribution in [0.4, 0.5) is 0 Å². The molecule has 0 spiro atoms. The average molecular weight is 745 g/mol. The van der Waals surface area contributed by atoms with Crippen molar-refractivity contribution in [1.29, 1.82) is 0 Å². The Morgan fingerprint density at radius 1 is 0.386 bits per heavy atom. The van der Waals surface area contributed by atoms with Crippen molar-refractivity contribution in [3.63, 3.8) is 0 Å². The zero-order valence-corrected chi connectivity index (χ0v) is 31.5. The molecule has 3 heterocycles. The molecule has 0 N–H and O–H groups in total. The molecule has 0 amide bonds. The van der Waals surface area contributed by atoms with Crippen LogP contribution >= 0.6 is 11.3 Å². The Kier molecular flexibility index (Phi) is 7.13. The molecule has 4 nitrogen and oxygen atoms in total. The first-order chi connectivity index (χ1) is 28.2. The van der Waals surface area contributed by atoms with Crippen LogP contribution in [-0.4, -0.2) is 19.5 Å². The van der Waals surface area contributed by atoms with Gasteiger partial charge in [-0.2, -0.15) is 0 Å². The van der Waals surface area contributed by atoms with Crippen LogP contribution < -0.4 is 0 Å². The number of nitrogens with zero attached hydrogens (tertiary/aromatic N) is 4. The normalized spacial score (nSPS) is 12.1. The fraction of sp³-hybridized carbons (Fsp3) is 0.0192. The Balaban J connectivity index is 0.988. The molecule has 12 rings (SSSR count). The van der Waals surface area contributed by atoms with Gasteiger partial charge in [0, 0.05) is 53.2 Å². The third-order valence-corrected chi connectivity index (χ3v) is 12.6. The van der Waals surface area contributed by atoms with Gasteiger partial charge in [0.2, 0.25) is 0 Å². The Morgan fingerprint density at radius 3 is 1.53 bits per heavy atom. The smallest absolute Gasteiger partial charge is 0.164 e. The predicted molar refractivity (Wildman–Crippen MR) is 237 cm³/mol. The summed E-state index contributed by atoms with van der Waals surface area (Å²) in [7, 11) is 0. The van der Waals surface area contributed by atoms with Gasteiger partial charge in [0.1, 0.15) is 0 Å². The monoisotopic (exact) mass is 744 g/mol. The molecule has 57 heavy (non-hydrogen) atoms. The van der Waals surface area contributed by atoms with Gasteiger partial charge < -0.3 is 4.57 Å². The lowest BCUT2D eigenvalue weighted by atomic mass is 9.93. The SMILES string of the molecule is c1ccc(-c2nc(-c3ccccc3)nc(-c3ccc4c(c3)sc3cc(-c5cccc6c5-c5c(cccc5-n5c7ccccc7c7ccccc75)C6)ccc34)n2)cc1. The molecule has 8 aromatic carbocycles. The highest BCUT2D eigenvalue weighted by molar-refractivity contribution is 7.25. The second kappa shape index (κ2) is 12.7. The zero-order valence-electron chi connectivity index (χ0n) is 30.7. The summed E-state index contributed by atoms with van der Waals surface area (Å²) in [5, 5.41) is 5.05. The summed E-state index contributed by atoms with van der Waals surface area (Å²) in [6.45, 7) is 0. The summed E-state index contributed by atoms with van der Waals surface area (Å²) in [5.41, 5.74) is 14.5. The molecule has 3 aromatic heterocycles. The van der Waals surface area contributed by atoms with E-state index in [0.717, 1.165) is 23.1 Å². The maximum atomic E-state index is 5.01. The molecule has 0 unspecified atom stereocenters. The second-order valence-electron chi connectivity index (χ2n) is 14.8. The van der Waals surface area contributed by atoms with E-state index in [4.69, 9.17) is 15.0 Å². The number of rotatable bonds is 5. The van der Waals surface area contributed by atoms with E-state index >= 15 is 0 Å². The first-order valence-corrected chi connectivity index (χ1v) is 20.1. The van der Waals surface area contributed by atoms with E-state index in [9.17, 15) is 0 Å². The predicted octanol–water partition coefficient (Wildman–Crippen LogP) is 13.6. The van der Waals surface area contributed by atoms with E-state index in [1.54, 1.807) is 0 Å². The Bertz CT molecular complexity index is 3270. The Labute approximate surface area is 333 Å². The average Bonchev–Trinajstić information content (AvgIpc) is 3.96. The summed E-state index contributed by atoms with van der Waals surface area (Å²) in [4.78, 5) is 14.9. The Hall–Kier alpha value is -7.21. The summed E-state index contributed by atoms with van der Waals surface area (Å²) in [6.07, 6.45) is 0.923. The van der Waals surface area contributed by atoms with Crippen LogP contribution in [0.2, 0.25) is 0 Å². The van der Waals surface area contributed by atoms with Gasteiger partial charge in [-0.1, -0.05) is 152 Å². The van der Waals surface area contributed by atoms with Crippen molar-refractivity contribution in [2.24, 2.45) is 0 Å². The zero-order chi connectivity index (χ0) is 37.5. The number of hydrogen-bond donors (Lipinski definition) is 0. The molecule has 1 aliphatic carbocycles. The lowest BCUT2D eigenvalue weighted by molar-refractivity contribution is 1.07. The minimum absolute atomic E-state index is 0.666. The highest BCUT2D eigenvalue weighted by Crippen LogP contribution is 2.48. The van der Waals surface area contributed by atoms with Gasteiger partial charge >= 0.3 is 0 Å². The topological polar surface area (TPSA) is 43.6 Å². The van der Waals surface area contributed by atoms with Crippen LogP contribution in [0.3, 0.4) is 0 Å². The highest BCUT2D eigenvalue weighted by Gasteiger charge is 2.27. The van der Waals surface area contributed by atoms with Crippen molar-refractivity contribution >= 4 is 53.3 Å². The van der Waals surface area contributed by atoms with Crippen LogP contribution in [0.15, 0.2) is 182 Å². The lowest BCUT2D eigenvalue weighted by Gasteiger charge is -2.16. The summed E-state index contributed by atoms with van der Waals surface area (Å²) >= 11 is 1.83. The summed E-state index contributed by atoms with van der Waals surface area (Å²) in [5.74, 6) is 2.00. The van der Waals surface area contributed by atoms with Gasteiger partial charge in [-0.3, -0.25) is 0 Å². The second-order valence-corrected chi connectivity index (χ2v) is 15.8. The van der Waals surface area contributed by atoms with Gasteiger partial charge in [-0.25, -0.2) is 15.0 Å². The molecule has 11 aromatic rings. The number of hydrogen-bond acceptors (Lipinski definition) is 4. The van der Waals surface area contributed by atoms with Gasteiger partial charge in [0.15, 0.2) is 17.5 Å². The third-order valence-electron chi connectivity index (χ3n) is 11.5. The number of thiophene rings is 1. The van der Waals surface area contributed by atoms with Crippen molar-refractivity contribution in [1.82, 2.24) is 19.5 Å². The van der Waals surface area contributed by atoms with Crippen molar-refractivity contribution < 1.29 is 0 Å². The fourth-order valence-electron chi connectivity index (χ4n) is 8.90. The molecule has 5 heteroatoms. The molecule has 0 saturated carbocycles. The van der Waals surface area contributed by atoms with E-state index in [2.05, 4.69) is 126 Å². The standard InChI is InChI=1S/C52H32N4S/c1-3-13-32(14-4-1)50-53-51(33-15-5-2-6-16-33)55-52(54-50)37-26-28-42-41-27-25-34(30-46(41)57-47(42)31-37)38-21-11-17-35-29-36-18-12-24-45(49(36)48(35)38)56-43-22-9-7-19-39(43)40-20-8-10-23-44(40)56/h1-28,30-31H,29H2. The maximum absolute atomic E-state index is 5.01. The van der Waals surface area contributed by atoms with Crippen molar-refractivity contribution in [2.45, 2.75) is 6.42 Å². The molecular formula is C52H32N4S. The first-order valence-electron chi connectivity index (χ1n) is 19.3. The molecule has 266 valence electrons. The van der Waals surface area contributed by atoms with Gasteiger partial charge in [-0.05, 0) is 64.6 Å². The number of aromatic nitrogens is 4. The van der Waals surface area contributed by atoms with E-state index < -0.39 is 0 Å². The summed E-state index contributed by atoms with van der Waals surface area (Å²) in [6, 6.07) is 65.2. The molecule has 1 aliphatic rings. The molecule has 0 bridgehead atoms. The minimum atomic E-state index is 0.666. The van der Waals surface area contributed by atoms with Crippen molar-refractivity contribution in [2.75, 3.05) is 0 Å². The van der Waals surface area contributed by atoms with Crippen LogP contribution in [-0.2, 0) is 6.42 Å². The van der Waals surface area contributed by atoms with Crippen LogP contribution in [0.5, 0.6) is 0 Å².